The summed E-state index contributed by atoms with van der Waals surface area (Å²) in [5.74, 6) is 0.781. The molecule has 0 saturated heterocycles. The second-order valence-electron chi connectivity index (χ2n) is 4.08. The molecule has 5 heteroatoms. The lowest BCUT2D eigenvalue weighted by Crippen LogP contribution is -2.16. The summed E-state index contributed by atoms with van der Waals surface area (Å²) in [7, 11) is 0. The second kappa shape index (κ2) is 10.0. The van der Waals surface area contributed by atoms with E-state index in [1.807, 2.05) is 18.2 Å². The topological polar surface area (TPSA) is 50.7 Å². The van der Waals surface area contributed by atoms with Gasteiger partial charge in [-0.3, -0.25) is 0 Å². The molecule has 4 nitrogen and oxygen atoms in total. The predicted molar refractivity (Wildman–Crippen MR) is 76.8 cm³/mol. The summed E-state index contributed by atoms with van der Waals surface area (Å²) in [6.45, 7) is 5.03. The third kappa shape index (κ3) is 6.25. The van der Waals surface area contributed by atoms with Crippen LogP contribution in [-0.4, -0.2) is 38.1 Å². The highest BCUT2D eigenvalue weighted by atomic mass is 35.5. The normalized spacial score (nSPS) is 10.7. The fraction of sp³-hybridized carbons (Fsp3) is 0.571. The molecule has 108 valence electrons. The molecule has 1 aromatic rings. The maximum atomic E-state index is 8.59. The zero-order chi connectivity index (χ0) is 13.9. The Hall–Kier alpha value is -0.810. The van der Waals surface area contributed by atoms with Crippen molar-refractivity contribution in [2.45, 2.75) is 19.9 Å². The number of rotatable bonds is 10. The average molecular weight is 288 g/mol. The van der Waals surface area contributed by atoms with Crippen LogP contribution < -0.4 is 10.1 Å². The van der Waals surface area contributed by atoms with Crippen LogP contribution in [0, 0.1) is 0 Å². The molecule has 1 aromatic carbocycles. The molecule has 19 heavy (non-hydrogen) atoms. The predicted octanol–water partition coefficient (Wildman–Crippen LogP) is 2.23. The van der Waals surface area contributed by atoms with Crippen molar-refractivity contribution >= 4 is 11.6 Å². The van der Waals surface area contributed by atoms with Gasteiger partial charge in [0, 0.05) is 17.1 Å². The van der Waals surface area contributed by atoms with E-state index in [0.29, 0.717) is 31.4 Å². The standard InChI is InChI=1S/C14H22ClNO3/c1-2-6-16-11-12-13(15)4-3-5-14(12)19-10-9-18-8-7-17/h3-5,16-17H,2,6-11H2,1H3. The van der Waals surface area contributed by atoms with Crippen molar-refractivity contribution in [2.75, 3.05) is 33.0 Å². The largest absolute Gasteiger partial charge is 0.491 e. The van der Waals surface area contributed by atoms with Crippen molar-refractivity contribution in [3.63, 3.8) is 0 Å². The van der Waals surface area contributed by atoms with Gasteiger partial charge in [-0.15, -0.1) is 0 Å². The average Bonchev–Trinajstić information content (AvgIpc) is 2.41. The molecule has 0 radical (unpaired) electrons. The molecule has 0 unspecified atom stereocenters. The van der Waals surface area contributed by atoms with Gasteiger partial charge in [0.05, 0.1) is 19.8 Å². The first-order chi connectivity index (χ1) is 9.29. The van der Waals surface area contributed by atoms with Crippen molar-refractivity contribution in [1.29, 1.82) is 0 Å². The van der Waals surface area contributed by atoms with Crippen molar-refractivity contribution in [2.24, 2.45) is 0 Å². The molecular formula is C14H22ClNO3. The van der Waals surface area contributed by atoms with Crippen LogP contribution in [0.5, 0.6) is 5.75 Å². The Morgan fingerprint density at radius 3 is 2.84 bits per heavy atom. The van der Waals surface area contributed by atoms with E-state index in [2.05, 4.69) is 12.2 Å². The lowest BCUT2D eigenvalue weighted by molar-refractivity contribution is 0.0703. The van der Waals surface area contributed by atoms with Gasteiger partial charge < -0.3 is 19.9 Å². The summed E-state index contributed by atoms with van der Waals surface area (Å²) in [6, 6.07) is 5.64. The van der Waals surface area contributed by atoms with Crippen molar-refractivity contribution in [1.82, 2.24) is 5.32 Å². The fourth-order valence-corrected chi connectivity index (χ4v) is 1.85. The lowest BCUT2D eigenvalue weighted by Gasteiger charge is -2.13. The Labute approximate surface area is 119 Å². The van der Waals surface area contributed by atoms with Gasteiger partial charge in [0.1, 0.15) is 12.4 Å². The van der Waals surface area contributed by atoms with Gasteiger partial charge in [0.15, 0.2) is 0 Å². The van der Waals surface area contributed by atoms with E-state index >= 15 is 0 Å². The number of hydrogen-bond acceptors (Lipinski definition) is 4. The van der Waals surface area contributed by atoms with Gasteiger partial charge in [0.2, 0.25) is 0 Å². The Bertz CT molecular complexity index is 361. The monoisotopic (exact) mass is 287 g/mol. The van der Waals surface area contributed by atoms with Crippen LogP contribution in [0.1, 0.15) is 18.9 Å². The third-order valence-corrected chi connectivity index (χ3v) is 2.88. The summed E-state index contributed by atoms with van der Waals surface area (Å²) in [6.07, 6.45) is 1.08. The first kappa shape index (κ1) is 16.2. The number of halogens is 1. The molecule has 0 aliphatic carbocycles. The van der Waals surface area contributed by atoms with Crippen LogP contribution >= 0.6 is 11.6 Å². The molecule has 0 aliphatic rings. The van der Waals surface area contributed by atoms with Crippen LogP contribution in [0.3, 0.4) is 0 Å². The highest BCUT2D eigenvalue weighted by Gasteiger charge is 2.07. The van der Waals surface area contributed by atoms with Gasteiger partial charge >= 0.3 is 0 Å². The molecule has 0 aromatic heterocycles. The third-order valence-electron chi connectivity index (χ3n) is 2.53. The number of aliphatic hydroxyl groups is 1. The molecule has 0 atom stereocenters. The molecule has 0 bridgehead atoms. The fourth-order valence-electron chi connectivity index (χ4n) is 1.61. The Balaban J connectivity index is 2.48. The molecule has 0 aliphatic heterocycles. The Morgan fingerprint density at radius 2 is 2.11 bits per heavy atom. The zero-order valence-electron chi connectivity index (χ0n) is 11.3. The first-order valence-electron chi connectivity index (χ1n) is 6.59. The number of nitrogens with one attached hydrogen (secondary N) is 1. The van der Waals surface area contributed by atoms with E-state index in [1.165, 1.54) is 0 Å². The number of ether oxygens (including phenoxy) is 2. The molecule has 0 fully saturated rings. The van der Waals surface area contributed by atoms with Crippen LogP contribution in [0.15, 0.2) is 18.2 Å². The minimum Gasteiger partial charge on any atom is -0.491 e. The zero-order valence-corrected chi connectivity index (χ0v) is 12.1. The number of benzene rings is 1. The molecule has 0 amide bonds. The highest BCUT2D eigenvalue weighted by Crippen LogP contribution is 2.26. The quantitative estimate of drug-likeness (QED) is 0.648. The minimum atomic E-state index is 0.0311. The van der Waals surface area contributed by atoms with Crippen molar-refractivity contribution < 1.29 is 14.6 Å². The van der Waals surface area contributed by atoms with Crippen molar-refractivity contribution in [3.8, 4) is 5.75 Å². The molecule has 0 spiro atoms. The molecule has 1 rings (SSSR count). The van der Waals surface area contributed by atoms with Gasteiger partial charge in [-0.05, 0) is 25.1 Å². The van der Waals surface area contributed by atoms with Gasteiger partial charge in [0.25, 0.3) is 0 Å². The van der Waals surface area contributed by atoms with E-state index in [0.717, 1.165) is 24.3 Å². The maximum absolute atomic E-state index is 8.59. The van der Waals surface area contributed by atoms with E-state index in [-0.39, 0.29) is 6.61 Å². The van der Waals surface area contributed by atoms with E-state index < -0.39 is 0 Å². The van der Waals surface area contributed by atoms with E-state index in [9.17, 15) is 0 Å². The van der Waals surface area contributed by atoms with Gasteiger partial charge in [-0.2, -0.15) is 0 Å². The van der Waals surface area contributed by atoms with E-state index in [4.69, 9.17) is 26.2 Å². The number of hydrogen-bond donors (Lipinski definition) is 2. The maximum Gasteiger partial charge on any atom is 0.125 e. The van der Waals surface area contributed by atoms with Crippen LogP contribution in [0.25, 0.3) is 0 Å². The first-order valence-corrected chi connectivity index (χ1v) is 6.97. The van der Waals surface area contributed by atoms with Gasteiger partial charge in [-0.1, -0.05) is 24.6 Å². The summed E-state index contributed by atoms with van der Waals surface area (Å²) >= 11 is 6.19. The van der Waals surface area contributed by atoms with Gasteiger partial charge in [-0.25, -0.2) is 0 Å². The molecular weight excluding hydrogens is 266 g/mol. The Morgan fingerprint density at radius 1 is 1.26 bits per heavy atom. The van der Waals surface area contributed by atoms with E-state index in [1.54, 1.807) is 0 Å². The van der Waals surface area contributed by atoms with Crippen LogP contribution in [-0.2, 0) is 11.3 Å². The summed E-state index contributed by atoms with van der Waals surface area (Å²) in [5.41, 5.74) is 0.972. The lowest BCUT2D eigenvalue weighted by atomic mass is 10.2. The van der Waals surface area contributed by atoms with Crippen LogP contribution in [0.4, 0.5) is 0 Å². The Kier molecular flexibility index (Phi) is 8.58. The highest BCUT2D eigenvalue weighted by molar-refractivity contribution is 6.31. The summed E-state index contributed by atoms with van der Waals surface area (Å²) in [4.78, 5) is 0. The molecule has 2 N–H and O–H groups in total. The van der Waals surface area contributed by atoms with Crippen molar-refractivity contribution in [3.05, 3.63) is 28.8 Å². The smallest absolute Gasteiger partial charge is 0.125 e. The molecule has 0 saturated carbocycles. The SMILES string of the molecule is CCCNCc1c(Cl)cccc1OCCOCCO. The summed E-state index contributed by atoms with van der Waals surface area (Å²) < 4.78 is 10.8. The minimum absolute atomic E-state index is 0.0311. The van der Waals surface area contributed by atoms with Crippen LogP contribution in [0.2, 0.25) is 5.02 Å². The molecule has 0 heterocycles. The number of aliphatic hydroxyl groups excluding tert-OH is 1. The second-order valence-corrected chi connectivity index (χ2v) is 4.48. The summed E-state index contributed by atoms with van der Waals surface area (Å²) in [5, 5.41) is 12.6.